The molecular weight excluding hydrogens is 316 g/mol. The summed E-state index contributed by atoms with van der Waals surface area (Å²) < 4.78 is 16.0. The van der Waals surface area contributed by atoms with Gasteiger partial charge in [-0.05, 0) is 12.1 Å². The van der Waals surface area contributed by atoms with Gasteiger partial charge in [0.2, 0.25) is 5.88 Å². The Bertz CT molecular complexity index is 695. The van der Waals surface area contributed by atoms with Gasteiger partial charge < -0.3 is 19.1 Å². The van der Waals surface area contributed by atoms with Crippen LogP contribution in [0, 0.1) is 0 Å². The lowest BCUT2D eigenvalue weighted by molar-refractivity contribution is 0.0304. The number of rotatable bonds is 4. The van der Waals surface area contributed by atoms with Gasteiger partial charge in [-0.15, -0.1) is 11.3 Å². The summed E-state index contributed by atoms with van der Waals surface area (Å²) in [6, 6.07) is 7.59. The molecule has 1 fully saturated rings. The smallest absolute Gasteiger partial charge is 0.269 e. The van der Waals surface area contributed by atoms with Crippen LogP contribution in [-0.4, -0.2) is 56.3 Å². The third-order valence-electron chi connectivity index (χ3n) is 3.62. The Morgan fingerprint density at radius 1 is 1.22 bits per heavy atom. The summed E-state index contributed by atoms with van der Waals surface area (Å²) in [4.78, 5) is 19.4. The van der Waals surface area contributed by atoms with Crippen molar-refractivity contribution in [2.24, 2.45) is 0 Å². The summed E-state index contributed by atoms with van der Waals surface area (Å²) in [5.74, 6) is 1.01. The SMILES string of the molecule is COc1ccccc1-c1nc(OC)c(C(=O)N2CCOCC2)s1. The zero-order chi connectivity index (χ0) is 16.2. The first-order valence-corrected chi connectivity index (χ1v) is 8.11. The van der Waals surface area contributed by atoms with Crippen LogP contribution in [-0.2, 0) is 4.74 Å². The number of hydrogen-bond donors (Lipinski definition) is 0. The second-order valence-corrected chi connectivity index (χ2v) is 5.96. The Morgan fingerprint density at radius 2 is 1.96 bits per heavy atom. The number of nitrogens with zero attached hydrogens (tertiary/aromatic N) is 2. The van der Waals surface area contributed by atoms with Gasteiger partial charge in [0.05, 0.1) is 33.0 Å². The van der Waals surface area contributed by atoms with E-state index in [2.05, 4.69) is 4.98 Å². The van der Waals surface area contributed by atoms with Gasteiger partial charge in [-0.3, -0.25) is 4.79 Å². The molecule has 0 spiro atoms. The number of thiazole rings is 1. The highest BCUT2D eigenvalue weighted by atomic mass is 32.1. The van der Waals surface area contributed by atoms with Crippen molar-refractivity contribution in [3.05, 3.63) is 29.1 Å². The molecule has 0 bridgehead atoms. The molecule has 6 nitrogen and oxygen atoms in total. The van der Waals surface area contributed by atoms with Crippen LogP contribution in [0.25, 0.3) is 10.6 Å². The second kappa shape index (κ2) is 6.97. The monoisotopic (exact) mass is 334 g/mol. The fraction of sp³-hybridized carbons (Fsp3) is 0.375. The fourth-order valence-corrected chi connectivity index (χ4v) is 3.46. The lowest BCUT2D eigenvalue weighted by atomic mass is 10.2. The van der Waals surface area contributed by atoms with E-state index in [1.54, 1.807) is 12.0 Å². The third kappa shape index (κ3) is 3.16. The molecule has 23 heavy (non-hydrogen) atoms. The quantitative estimate of drug-likeness (QED) is 0.858. The molecule has 122 valence electrons. The highest BCUT2D eigenvalue weighted by Crippen LogP contribution is 2.37. The number of para-hydroxylation sites is 1. The van der Waals surface area contributed by atoms with Crippen molar-refractivity contribution < 1.29 is 19.0 Å². The molecule has 2 heterocycles. The number of hydrogen-bond acceptors (Lipinski definition) is 6. The van der Waals surface area contributed by atoms with E-state index in [1.807, 2.05) is 24.3 Å². The zero-order valence-electron chi connectivity index (χ0n) is 13.1. The van der Waals surface area contributed by atoms with E-state index in [9.17, 15) is 4.79 Å². The van der Waals surface area contributed by atoms with Crippen molar-refractivity contribution in [2.45, 2.75) is 0 Å². The summed E-state index contributed by atoms with van der Waals surface area (Å²) in [7, 11) is 3.14. The minimum atomic E-state index is -0.0659. The van der Waals surface area contributed by atoms with Crippen LogP contribution in [0.2, 0.25) is 0 Å². The number of morpholine rings is 1. The van der Waals surface area contributed by atoms with E-state index < -0.39 is 0 Å². The predicted octanol–water partition coefficient (Wildman–Crippen LogP) is 2.30. The molecule has 3 rings (SSSR count). The molecule has 1 aliphatic rings. The van der Waals surface area contributed by atoms with Crippen molar-refractivity contribution in [1.29, 1.82) is 0 Å². The van der Waals surface area contributed by atoms with Gasteiger partial charge in [-0.1, -0.05) is 12.1 Å². The fourth-order valence-electron chi connectivity index (χ4n) is 2.43. The lowest BCUT2D eigenvalue weighted by Gasteiger charge is -2.26. The van der Waals surface area contributed by atoms with Crippen molar-refractivity contribution in [2.75, 3.05) is 40.5 Å². The number of carbonyl (C=O) groups excluding carboxylic acids is 1. The topological polar surface area (TPSA) is 60.9 Å². The summed E-state index contributed by atoms with van der Waals surface area (Å²) in [6.45, 7) is 2.30. The molecular formula is C16H18N2O4S. The van der Waals surface area contributed by atoms with Gasteiger partial charge in [0.15, 0.2) is 4.88 Å². The first-order chi connectivity index (χ1) is 11.2. The van der Waals surface area contributed by atoms with E-state index in [1.165, 1.54) is 18.4 Å². The van der Waals surface area contributed by atoms with Crippen LogP contribution >= 0.6 is 11.3 Å². The zero-order valence-corrected chi connectivity index (χ0v) is 13.9. The van der Waals surface area contributed by atoms with E-state index in [-0.39, 0.29) is 5.91 Å². The highest BCUT2D eigenvalue weighted by Gasteiger charge is 2.26. The van der Waals surface area contributed by atoms with Crippen molar-refractivity contribution in [3.63, 3.8) is 0 Å². The Labute approximate surface area is 138 Å². The average molecular weight is 334 g/mol. The number of amides is 1. The molecule has 1 aliphatic heterocycles. The Morgan fingerprint density at radius 3 is 2.65 bits per heavy atom. The maximum Gasteiger partial charge on any atom is 0.269 e. The molecule has 1 aromatic heterocycles. The van der Waals surface area contributed by atoms with Gasteiger partial charge >= 0.3 is 0 Å². The minimum Gasteiger partial charge on any atom is -0.496 e. The van der Waals surface area contributed by atoms with E-state index in [4.69, 9.17) is 14.2 Å². The normalized spacial score (nSPS) is 14.6. The molecule has 2 aromatic rings. The third-order valence-corrected chi connectivity index (χ3v) is 4.68. The standard InChI is InChI=1S/C16H18N2O4S/c1-20-12-6-4-3-5-11(12)15-17-14(21-2)13(23-15)16(19)18-7-9-22-10-8-18/h3-6H,7-10H2,1-2H3. The second-order valence-electron chi connectivity index (χ2n) is 4.96. The van der Waals surface area contributed by atoms with Gasteiger partial charge in [-0.2, -0.15) is 0 Å². The average Bonchev–Trinajstić information content (AvgIpc) is 3.06. The number of benzene rings is 1. The first kappa shape index (κ1) is 15.8. The lowest BCUT2D eigenvalue weighted by Crippen LogP contribution is -2.40. The Balaban J connectivity index is 1.96. The van der Waals surface area contributed by atoms with Gasteiger partial charge in [-0.25, -0.2) is 4.98 Å². The van der Waals surface area contributed by atoms with Crippen LogP contribution in [0.1, 0.15) is 9.67 Å². The van der Waals surface area contributed by atoms with E-state index in [0.29, 0.717) is 47.8 Å². The molecule has 7 heteroatoms. The van der Waals surface area contributed by atoms with E-state index in [0.717, 1.165) is 5.56 Å². The maximum absolute atomic E-state index is 12.7. The summed E-state index contributed by atoms with van der Waals surface area (Å²) in [5, 5.41) is 0.705. The van der Waals surface area contributed by atoms with Crippen LogP contribution in [0.15, 0.2) is 24.3 Å². The molecule has 0 radical (unpaired) electrons. The number of methoxy groups -OCH3 is 2. The molecule has 0 unspecified atom stereocenters. The van der Waals surface area contributed by atoms with Gasteiger partial charge in [0, 0.05) is 13.1 Å². The van der Waals surface area contributed by atoms with Crippen LogP contribution < -0.4 is 9.47 Å². The summed E-state index contributed by atoms with van der Waals surface area (Å²) in [6.07, 6.45) is 0. The van der Waals surface area contributed by atoms with Crippen molar-refractivity contribution in [1.82, 2.24) is 9.88 Å². The molecule has 1 aromatic carbocycles. The maximum atomic E-state index is 12.7. The number of aromatic nitrogens is 1. The molecule has 0 aliphatic carbocycles. The predicted molar refractivity (Wildman–Crippen MR) is 87.4 cm³/mol. The largest absolute Gasteiger partial charge is 0.496 e. The number of ether oxygens (including phenoxy) is 3. The number of carbonyl (C=O) groups is 1. The Hall–Kier alpha value is -2.12. The summed E-state index contributed by atoms with van der Waals surface area (Å²) in [5.41, 5.74) is 0.847. The van der Waals surface area contributed by atoms with E-state index >= 15 is 0 Å². The van der Waals surface area contributed by atoms with Crippen molar-refractivity contribution >= 4 is 17.2 Å². The summed E-state index contributed by atoms with van der Waals surface area (Å²) >= 11 is 1.32. The first-order valence-electron chi connectivity index (χ1n) is 7.30. The molecule has 0 atom stereocenters. The van der Waals surface area contributed by atoms with Crippen molar-refractivity contribution in [3.8, 4) is 22.2 Å². The minimum absolute atomic E-state index is 0.0659. The highest BCUT2D eigenvalue weighted by molar-refractivity contribution is 7.17. The molecule has 1 saturated heterocycles. The molecule has 1 amide bonds. The van der Waals surface area contributed by atoms with Gasteiger partial charge in [0.25, 0.3) is 5.91 Å². The van der Waals surface area contributed by atoms with Crippen LogP contribution in [0.5, 0.6) is 11.6 Å². The molecule has 0 saturated carbocycles. The Kier molecular flexibility index (Phi) is 4.78. The van der Waals surface area contributed by atoms with Crippen LogP contribution in [0.4, 0.5) is 0 Å². The van der Waals surface area contributed by atoms with Crippen LogP contribution in [0.3, 0.4) is 0 Å². The van der Waals surface area contributed by atoms with Gasteiger partial charge in [0.1, 0.15) is 10.8 Å². The molecule has 0 N–H and O–H groups in total.